The molecule has 0 radical (unpaired) electrons. The third-order valence-electron chi connectivity index (χ3n) is 5.10. The Labute approximate surface area is 114 Å². The molecule has 2 fully saturated rings. The monoisotopic (exact) mass is 252 g/mol. The lowest BCUT2D eigenvalue weighted by molar-refractivity contribution is 0.0674. The van der Waals surface area contributed by atoms with Gasteiger partial charge in [0.1, 0.15) is 0 Å². The van der Waals surface area contributed by atoms with E-state index in [0.29, 0.717) is 11.5 Å². The smallest absolute Gasteiger partial charge is 0.0244 e. The fourth-order valence-electron chi connectivity index (χ4n) is 3.65. The van der Waals surface area contributed by atoms with Crippen molar-refractivity contribution >= 4 is 0 Å². The number of rotatable bonds is 2. The Morgan fingerprint density at radius 2 is 2.00 bits per heavy atom. The second kappa shape index (κ2) is 5.92. The van der Waals surface area contributed by atoms with Gasteiger partial charge in [-0.25, -0.2) is 0 Å². The summed E-state index contributed by atoms with van der Waals surface area (Å²) >= 11 is 0. The molecule has 1 N–H and O–H groups in total. The van der Waals surface area contributed by atoms with E-state index in [0.717, 1.165) is 12.0 Å². The van der Waals surface area contributed by atoms with E-state index in [9.17, 15) is 0 Å². The molecule has 3 unspecified atom stereocenters. The quantitative estimate of drug-likeness (QED) is 0.811. The number of nitrogens with zero attached hydrogens (tertiary/aromatic N) is 1. The van der Waals surface area contributed by atoms with Crippen molar-refractivity contribution in [1.82, 2.24) is 10.2 Å². The van der Waals surface area contributed by atoms with Crippen molar-refractivity contribution in [2.45, 2.75) is 71.9 Å². The summed E-state index contributed by atoms with van der Waals surface area (Å²) in [5.41, 5.74) is 0.386. The largest absolute Gasteiger partial charge is 0.311 e. The van der Waals surface area contributed by atoms with Gasteiger partial charge in [0.25, 0.3) is 0 Å². The lowest BCUT2D eigenvalue weighted by Gasteiger charge is -2.45. The zero-order valence-corrected chi connectivity index (χ0v) is 12.8. The molecule has 2 aliphatic rings. The Morgan fingerprint density at radius 1 is 1.22 bits per heavy atom. The second-order valence-electron chi connectivity index (χ2n) is 7.46. The number of nitrogens with one attached hydrogen (secondary N) is 1. The zero-order valence-electron chi connectivity index (χ0n) is 12.8. The molecule has 0 bridgehead atoms. The van der Waals surface area contributed by atoms with Crippen molar-refractivity contribution in [3.63, 3.8) is 0 Å². The first-order valence-corrected chi connectivity index (χ1v) is 7.98. The van der Waals surface area contributed by atoms with Crippen LogP contribution in [0.4, 0.5) is 0 Å². The van der Waals surface area contributed by atoms with Gasteiger partial charge in [0, 0.05) is 31.7 Å². The molecular weight excluding hydrogens is 220 g/mol. The highest BCUT2D eigenvalue weighted by molar-refractivity contribution is 4.91. The van der Waals surface area contributed by atoms with Crippen LogP contribution in [0.3, 0.4) is 0 Å². The lowest BCUT2D eigenvalue weighted by Crippen LogP contribution is -2.58. The van der Waals surface area contributed by atoms with Crippen molar-refractivity contribution < 1.29 is 0 Å². The van der Waals surface area contributed by atoms with Crippen LogP contribution in [0.2, 0.25) is 0 Å². The van der Waals surface area contributed by atoms with Gasteiger partial charge in [-0.15, -0.1) is 0 Å². The molecule has 106 valence electrons. The normalized spacial score (nSPS) is 35.7. The summed E-state index contributed by atoms with van der Waals surface area (Å²) in [5, 5.41) is 3.71. The molecule has 0 aromatic carbocycles. The van der Waals surface area contributed by atoms with Crippen molar-refractivity contribution in [2.24, 2.45) is 11.3 Å². The van der Waals surface area contributed by atoms with Gasteiger partial charge in [0.2, 0.25) is 0 Å². The summed E-state index contributed by atoms with van der Waals surface area (Å²) in [6.45, 7) is 13.1. The molecular formula is C16H32N2. The molecule has 0 spiro atoms. The predicted molar refractivity (Wildman–Crippen MR) is 78.9 cm³/mol. The van der Waals surface area contributed by atoms with Crippen LogP contribution < -0.4 is 5.32 Å². The summed E-state index contributed by atoms with van der Waals surface area (Å²) in [6.07, 6.45) is 7.20. The Kier molecular flexibility index (Phi) is 4.71. The van der Waals surface area contributed by atoms with E-state index in [4.69, 9.17) is 0 Å². The molecule has 1 saturated heterocycles. The van der Waals surface area contributed by atoms with Crippen molar-refractivity contribution in [3.8, 4) is 0 Å². The number of hydrogen-bond donors (Lipinski definition) is 1. The molecule has 1 aliphatic heterocycles. The van der Waals surface area contributed by atoms with Gasteiger partial charge < -0.3 is 5.32 Å². The molecule has 2 rings (SSSR count). The van der Waals surface area contributed by atoms with Gasteiger partial charge in [0.15, 0.2) is 0 Å². The maximum absolute atomic E-state index is 3.71. The SMILES string of the molecule is CCC1CCCC(N2CCNC(C(C)(C)C)C2)C1. The molecule has 2 nitrogen and oxygen atoms in total. The summed E-state index contributed by atoms with van der Waals surface area (Å²) in [6, 6.07) is 1.53. The molecule has 0 aromatic rings. The maximum Gasteiger partial charge on any atom is 0.0244 e. The molecule has 0 amide bonds. The topological polar surface area (TPSA) is 15.3 Å². The minimum atomic E-state index is 0.386. The summed E-state index contributed by atoms with van der Waals surface area (Å²) in [7, 11) is 0. The summed E-state index contributed by atoms with van der Waals surface area (Å²) in [5.74, 6) is 0.992. The first kappa shape index (κ1) is 14.3. The fourth-order valence-corrected chi connectivity index (χ4v) is 3.65. The van der Waals surface area contributed by atoms with Crippen molar-refractivity contribution in [1.29, 1.82) is 0 Å². The first-order valence-electron chi connectivity index (χ1n) is 7.98. The van der Waals surface area contributed by atoms with E-state index < -0.39 is 0 Å². The van der Waals surface area contributed by atoms with Gasteiger partial charge in [-0.05, 0) is 24.2 Å². The number of piperazine rings is 1. The Morgan fingerprint density at radius 3 is 2.67 bits per heavy atom. The highest BCUT2D eigenvalue weighted by Crippen LogP contribution is 2.31. The molecule has 2 heteroatoms. The molecule has 1 aliphatic carbocycles. The predicted octanol–water partition coefficient (Wildman–Crippen LogP) is 3.28. The Bertz CT molecular complexity index is 256. The van der Waals surface area contributed by atoms with Crippen LogP contribution >= 0.6 is 0 Å². The van der Waals surface area contributed by atoms with Crippen molar-refractivity contribution in [2.75, 3.05) is 19.6 Å². The minimum absolute atomic E-state index is 0.386. The maximum atomic E-state index is 3.71. The van der Waals surface area contributed by atoms with Crippen LogP contribution in [0.1, 0.15) is 59.8 Å². The molecule has 3 atom stereocenters. The highest BCUT2D eigenvalue weighted by atomic mass is 15.2. The van der Waals surface area contributed by atoms with Gasteiger partial charge in [-0.3, -0.25) is 4.90 Å². The summed E-state index contributed by atoms with van der Waals surface area (Å²) in [4.78, 5) is 2.79. The van der Waals surface area contributed by atoms with E-state index in [1.165, 1.54) is 51.7 Å². The zero-order chi connectivity index (χ0) is 13.2. The molecule has 1 heterocycles. The summed E-state index contributed by atoms with van der Waals surface area (Å²) < 4.78 is 0. The van der Waals surface area contributed by atoms with Gasteiger partial charge in [-0.2, -0.15) is 0 Å². The third kappa shape index (κ3) is 3.48. The van der Waals surface area contributed by atoms with Crippen LogP contribution in [0.25, 0.3) is 0 Å². The number of hydrogen-bond acceptors (Lipinski definition) is 2. The van der Waals surface area contributed by atoms with E-state index in [1.807, 2.05) is 0 Å². The van der Waals surface area contributed by atoms with Crippen LogP contribution in [-0.4, -0.2) is 36.6 Å². The van der Waals surface area contributed by atoms with E-state index in [2.05, 4.69) is 37.9 Å². The highest BCUT2D eigenvalue weighted by Gasteiger charge is 2.33. The second-order valence-corrected chi connectivity index (χ2v) is 7.46. The first-order chi connectivity index (χ1) is 8.50. The minimum Gasteiger partial charge on any atom is -0.311 e. The molecule has 1 saturated carbocycles. The van der Waals surface area contributed by atoms with E-state index in [-0.39, 0.29) is 0 Å². The van der Waals surface area contributed by atoms with Crippen molar-refractivity contribution in [3.05, 3.63) is 0 Å². The molecule has 0 aromatic heterocycles. The van der Waals surface area contributed by atoms with Gasteiger partial charge in [-0.1, -0.05) is 47.0 Å². The fraction of sp³-hybridized carbons (Fsp3) is 1.00. The standard InChI is InChI=1S/C16H32N2/c1-5-13-7-6-8-14(11-13)18-10-9-17-15(12-18)16(2,3)4/h13-15,17H,5-12H2,1-4H3. The average molecular weight is 252 g/mol. The van der Waals surface area contributed by atoms with Crippen LogP contribution in [-0.2, 0) is 0 Å². The lowest BCUT2D eigenvalue weighted by atomic mass is 9.81. The van der Waals surface area contributed by atoms with Crippen LogP contribution in [0.15, 0.2) is 0 Å². The van der Waals surface area contributed by atoms with E-state index in [1.54, 1.807) is 0 Å². The van der Waals surface area contributed by atoms with Gasteiger partial charge in [0.05, 0.1) is 0 Å². The van der Waals surface area contributed by atoms with Crippen LogP contribution in [0.5, 0.6) is 0 Å². The average Bonchev–Trinajstić information content (AvgIpc) is 2.38. The Balaban J connectivity index is 1.92. The van der Waals surface area contributed by atoms with Crippen LogP contribution in [0, 0.1) is 11.3 Å². The third-order valence-corrected chi connectivity index (χ3v) is 5.10. The Hall–Kier alpha value is -0.0800. The van der Waals surface area contributed by atoms with E-state index >= 15 is 0 Å². The molecule has 18 heavy (non-hydrogen) atoms. The van der Waals surface area contributed by atoms with Gasteiger partial charge >= 0.3 is 0 Å².